The highest BCUT2D eigenvalue weighted by molar-refractivity contribution is 7.88. The monoisotopic (exact) mass is 1170 g/mol. The van der Waals surface area contributed by atoms with E-state index in [2.05, 4.69) is 19.4 Å². The van der Waals surface area contributed by atoms with Crippen LogP contribution in [-0.4, -0.2) is 139 Å². The molecule has 9 aromatic rings. The van der Waals surface area contributed by atoms with Crippen LogP contribution in [0.1, 0.15) is 36.1 Å². The van der Waals surface area contributed by atoms with Gasteiger partial charge in [-0.3, -0.25) is 28.8 Å². The summed E-state index contributed by atoms with van der Waals surface area (Å²) in [4.78, 5) is 88.4. The molecule has 12 rings (SSSR count). The van der Waals surface area contributed by atoms with Crippen molar-refractivity contribution in [2.75, 3.05) is 111 Å². The number of nitrogen functional groups attached to an aromatic ring is 2. The molecular formula is C61H66N12O9S2. The Morgan fingerprint density at radius 3 is 1.36 bits per heavy atom. The number of piperazine rings is 3. The van der Waals surface area contributed by atoms with Gasteiger partial charge in [0.25, 0.3) is 34.4 Å². The van der Waals surface area contributed by atoms with Crippen molar-refractivity contribution in [3.8, 4) is 0 Å². The molecule has 0 bridgehead atoms. The summed E-state index contributed by atoms with van der Waals surface area (Å²) in [7, 11) is 1.68. The van der Waals surface area contributed by atoms with Gasteiger partial charge < -0.3 is 59.0 Å². The lowest BCUT2D eigenvalue weighted by Gasteiger charge is -2.37. The molecule has 0 saturated carbocycles. The number of hydrogen-bond donors (Lipinski definition) is 3. The predicted octanol–water partition coefficient (Wildman–Crippen LogP) is 5.37. The third-order valence-corrected chi connectivity index (χ3v) is 17.2. The Morgan fingerprint density at radius 1 is 0.500 bits per heavy atom. The fourth-order valence-corrected chi connectivity index (χ4v) is 12.3. The zero-order chi connectivity index (χ0) is 59.4. The van der Waals surface area contributed by atoms with E-state index in [9.17, 15) is 37.2 Å². The number of anilines is 5. The number of sulfonamides is 1. The number of aryl methyl sites for hydroxylation is 3. The van der Waals surface area contributed by atoms with Crippen LogP contribution in [0, 0.1) is 0 Å². The lowest BCUT2D eigenvalue weighted by atomic mass is 10.1. The number of benzene rings is 4. The summed E-state index contributed by atoms with van der Waals surface area (Å²) >= 11 is 1.46. The molecule has 0 unspecified atom stereocenters. The van der Waals surface area contributed by atoms with Crippen LogP contribution in [0.4, 0.5) is 28.4 Å². The molecule has 3 aliphatic heterocycles. The number of rotatable bonds is 9. The normalized spacial score (nSPS) is 14.8. The van der Waals surface area contributed by atoms with Crippen LogP contribution in [0.25, 0.3) is 32.7 Å². The first-order valence-corrected chi connectivity index (χ1v) is 30.2. The number of nitrogens with two attached hydrogens (primary N) is 2. The number of carbonyl (C=O) groups is 3. The summed E-state index contributed by atoms with van der Waals surface area (Å²) in [6.07, 6.45) is 2.54. The van der Waals surface area contributed by atoms with Crippen molar-refractivity contribution in [2.45, 2.75) is 6.54 Å². The molecule has 21 nitrogen and oxygen atoms in total. The van der Waals surface area contributed by atoms with Crippen LogP contribution in [0.5, 0.6) is 0 Å². The number of aromatic nitrogens is 3. The number of hydrogen-bond acceptors (Lipinski definition) is 15. The van der Waals surface area contributed by atoms with E-state index in [0.717, 1.165) is 55.2 Å². The van der Waals surface area contributed by atoms with E-state index in [1.165, 1.54) is 22.2 Å². The third-order valence-electron chi connectivity index (χ3n) is 15.6. The fraction of sp³-hybridized carbons (Fsp3) is 0.279. The quantitative estimate of drug-likeness (QED) is 0.165. The molecule has 0 aliphatic carbocycles. The van der Waals surface area contributed by atoms with Crippen LogP contribution in [0.3, 0.4) is 0 Å². The first-order chi connectivity index (χ1) is 40.4. The van der Waals surface area contributed by atoms with E-state index in [4.69, 9.17) is 15.9 Å². The molecule has 3 fully saturated rings. The number of pyridine rings is 3. The van der Waals surface area contributed by atoms with Gasteiger partial charge >= 0.3 is 0 Å². The molecule has 23 heteroatoms. The second-order valence-electron chi connectivity index (χ2n) is 20.7. The van der Waals surface area contributed by atoms with Crippen molar-refractivity contribution in [3.63, 3.8) is 0 Å². The molecule has 0 atom stereocenters. The van der Waals surface area contributed by atoms with E-state index in [-0.39, 0.29) is 52.3 Å². The molecule has 0 radical (unpaired) electrons. The first kappa shape index (κ1) is 58.0. The molecule has 3 amide bonds. The third kappa shape index (κ3) is 11.9. The Bertz CT molecular complexity index is 4200. The molecule has 5 aromatic heterocycles. The number of nitrogens with zero attached hydrogens (tertiary/aromatic N) is 9. The highest BCUT2D eigenvalue weighted by atomic mass is 32.2. The van der Waals surface area contributed by atoms with Crippen molar-refractivity contribution in [3.05, 3.63) is 192 Å². The molecule has 8 heterocycles. The van der Waals surface area contributed by atoms with Crippen molar-refractivity contribution >= 4 is 100 Å². The van der Waals surface area contributed by atoms with E-state index >= 15 is 0 Å². The van der Waals surface area contributed by atoms with Crippen LogP contribution >= 0.6 is 11.3 Å². The Hall–Kier alpha value is -9.19. The molecule has 84 heavy (non-hydrogen) atoms. The van der Waals surface area contributed by atoms with Crippen LogP contribution in [-0.2, 0) is 37.7 Å². The summed E-state index contributed by atoms with van der Waals surface area (Å²) < 4.78 is 35.8. The average molecular weight is 1180 g/mol. The predicted molar refractivity (Wildman–Crippen MR) is 332 cm³/mol. The van der Waals surface area contributed by atoms with Crippen molar-refractivity contribution in [1.82, 2.24) is 33.1 Å². The van der Waals surface area contributed by atoms with Crippen LogP contribution < -0.4 is 47.6 Å². The zero-order valence-corrected chi connectivity index (χ0v) is 48.8. The van der Waals surface area contributed by atoms with Gasteiger partial charge in [-0.05, 0) is 53.9 Å². The fourth-order valence-electron chi connectivity index (χ4n) is 11.2. The largest absolute Gasteiger partial charge is 0.459 e. The standard InChI is InChI=1S/C21H24N4O5S.C21H22N4O2.C19H20N4O2S/c1-23-17-7-4-3-6-15(17)19(16(20(23)26)14-22-31(2,28)29)24-9-11-25(12-10-24)21(27)18-8-5-13-30-18;1-23-17-10-6-5-9-16(17)19(18(22)21(23)27)24-11-13-25(14-12-24)20(26)15-7-3-2-4-8-15;1-21-14-6-3-2-5-13(14)17(16(20)19(21)25)22-8-10-23(11-9-22)18(24)15-7-4-12-26-15/h3-8,13,22H,9-12,14H2,1-2H3;2-10H,11-14,22H2,1H3;2-7,12H,8-11,20H2,1H3. The molecule has 3 saturated heterocycles. The van der Waals surface area contributed by atoms with Gasteiger partial charge in [0.2, 0.25) is 10.0 Å². The Morgan fingerprint density at radius 2 is 0.917 bits per heavy atom. The lowest BCUT2D eigenvalue weighted by Crippen LogP contribution is -2.49. The van der Waals surface area contributed by atoms with Gasteiger partial charge in [-0.2, -0.15) is 0 Å². The van der Waals surface area contributed by atoms with Gasteiger partial charge in [-0.1, -0.05) is 78.9 Å². The summed E-state index contributed by atoms with van der Waals surface area (Å²) in [5, 5.41) is 4.70. The summed E-state index contributed by atoms with van der Waals surface area (Å²) in [6.45, 7) is 6.83. The molecule has 436 valence electrons. The maximum atomic E-state index is 13.1. The maximum Gasteiger partial charge on any atom is 0.289 e. The van der Waals surface area contributed by atoms with E-state index in [1.807, 2.05) is 130 Å². The second-order valence-corrected chi connectivity index (χ2v) is 23.5. The number of furan rings is 1. The van der Waals surface area contributed by atoms with Gasteiger partial charge in [0.15, 0.2) is 5.76 Å². The highest BCUT2D eigenvalue weighted by Gasteiger charge is 2.30. The molecule has 3 aliphatic rings. The molecular weight excluding hydrogens is 1110 g/mol. The Balaban J connectivity index is 0.000000141. The Kier molecular flexibility index (Phi) is 17.1. The molecule has 5 N–H and O–H groups in total. The van der Waals surface area contributed by atoms with E-state index in [0.29, 0.717) is 101 Å². The number of para-hydroxylation sites is 3. The molecule has 4 aromatic carbocycles. The van der Waals surface area contributed by atoms with Crippen molar-refractivity contribution < 1.29 is 27.2 Å². The summed E-state index contributed by atoms with van der Waals surface area (Å²) in [6, 6.07) is 39.5. The summed E-state index contributed by atoms with van der Waals surface area (Å²) in [5.41, 5.74) is 18.2. The maximum absolute atomic E-state index is 13.1. The van der Waals surface area contributed by atoms with Gasteiger partial charge in [-0.25, -0.2) is 13.1 Å². The number of fused-ring (bicyclic) bond motifs is 3. The number of amides is 3. The first-order valence-electron chi connectivity index (χ1n) is 27.5. The van der Waals surface area contributed by atoms with E-state index < -0.39 is 10.0 Å². The zero-order valence-electron chi connectivity index (χ0n) is 47.1. The topological polar surface area (TPSA) is 248 Å². The summed E-state index contributed by atoms with van der Waals surface area (Å²) in [5.74, 6) is 0.237. The highest BCUT2D eigenvalue weighted by Crippen LogP contribution is 2.34. The van der Waals surface area contributed by atoms with Crippen LogP contribution in [0.2, 0.25) is 0 Å². The lowest BCUT2D eigenvalue weighted by molar-refractivity contribution is 0.0712. The van der Waals surface area contributed by atoms with Crippen molar-refractivity contribution in [2.24, 2.45) is 21.1 Å². The van der Waals surface area contributed by atoms with Gasteiger partial charge in [0.05, 0.1) is 56.6 Å². The van der Waals surface area contributed by atoms with Gasteiger partial charge in [0.1, 0.15) is 11.4 Å². The Labute approximate surface area is 488 Å². The van der Waals surface area contributed by atoms with Gasteiger partial charge in [-0.15, -0.1) is 11.3 Å². The number of thiophene rings is 1. The minimum atomic E-state index is -3.48. The number of nitrogens with one attached hydrogen (secondary N) is 1. The smallest absolute Gasteiger partial charge is 0.289 e. The van der Waals surface area contributed by atoms with Gasteiger partial charge in [0, 0.05) is 128 Å². The van der Waals surface area contributed by atoms with E-state index in [1.54, 1.807) is 47.3 Å². The molecule has 0 spiro atoms. The SMILES string of the molecule is Cn1c(=O)c(CNS(C)(=O)=O)c(N2CCN(C(=O)c3ccco3)CC2)c2ccccc21.Cn1c(=O)c(N)c(N2CCN(C(=O)c3ccccc3)CC2)c2ccccc21.Cn1c(=O)c(N)c(N2CCN(C(=O)c3cccs3)CC2)c2ccccc21. The average Bonchev–Trinajstić information content (AvgIpc) is 3.47. The number of carbonyl (C=O) groups excluding carboxylic acids is 3. The minimum absolute atomic E-state index is 0.0389. The van der Waals surface area contributed by atoms with Crippen LogP contribution in [0.15, 0.2) is 158 Å². The van der Waals surface area contributed by atoms with Crippen molar-refractivity contribution in [1.29, 1.82) is 0 Å². The minimum Gasteiger partial charge on any atom is -0.459 e. The second kappa shape index (κ2) is 24.7.